The van der Waals surface area contributed by atoms with E-state index in [1.54, 1.807) is 12.0 Å². The minimum absolute atomic E-state index is 0. The van der Waals surface area contributed by atoms with Gasteiger partial charge in [-0.15, -0.1) is 12.4 Å². The average molecular weight is 408 g/mol. The molecule has 6 nitrogen and oxygen atoms in total. The second kappa shape index (κ2) is 8.70. The van der Waals surface area contributed by atoms with Gasteiger partial charge in [0.05, 0.1) is 12.8 Å². The van der Waals surface area contributed by atoms with Crippen LogP contribution in [-0.4, -0.2) is 37.6 Å². The second-order valence-electron chi connectivity index (χ2n) is 8.21. The quantitative estimate of drug-likeness (QED) is 0.803. The number of anilines is 1. The van der Waals surface area contributed by atoms with E-state index in [0.717, 1.165) is 31.4 Å². The molecule has 3 fully saturated rings. The molecule has 0 spiro atoms. The van der Waals surface area contributed by atoms with E-state index in [2.05, 4.69) is 5.32 Å². The van der Waals surface area contributed by atoms with Crippen LogP contribution in [0.3, 0.4) is 0 Å². The van der Waals surface area contributed by atoms with E-state index in [-0.39, 0.29) is 36.2 Å². The molecule has 154 valence electrons. The number of carbonyl (C=O) groups is 2. The van der Waals surface area contributed by atoms with Gasteiger partial charge in [0.25, 0.3) is 0 Å². The standard InChI is InChI=1S/C21H29N3O3.ClH/c1-27-18-8-3-2-7-17(18)24-10-9-16(21(24)26)23-20(25)15-11-13-5-4-6-14(12-15)19(13)22;/h2-3,7-8,13-16,19H,4-6,9-12,22H2,1H3,(H,23,25);1H. The lowest BCUT2D eigenvalue weighted by molar-refractivity contribution is -0.131. The zero-order chi connectivity index (χ0) is 19.0. The van der Waals surface area contributed by atoms with E-state index in [9.17, 15) is 9.59 Å². The number of nitrogens with two attached hydrogens (primary N) is 1. The van der Waals surface area contributed by atoms with Crippen LogP contribution in [0.25, 0.3) is 0 Å². The minimum atomic E-state index is -0.446. The van der Waals surface area contributed by atoms with Gasteiger partial charge in [0.2, 0.25) is 11.8 Å². The zero-order valence-electron chi connectivity index (χ0n) is 16.3. The number of nitrogens with zero attached hydrogens (tertiary/aromatic N) is 1. The fourth-order valence-corrected chi connectivity index (χ4v) is 5.20. The Bertz CT molecular complexity index is 715. The summed E-state index contributed by atoms with van der Waals surface area (Å²) >= 11 is 0. The lowest BCUT2D eigenvalue weighted by Gasteiger charge is -2.43. The van der Waals surface area contributed by atoms with Crippen molar-refractivity contribution in [1.29, 1.82) is 0 Å². The molecule has 1 aromatic rings. The van der Waals surface area contributed by atoms with E-state index in [1.807, 2.05) is 24.3 Å². The number of ether oxygens (including phenoxy) is 1. The van der Waals surface area contributed by atoms with Crippen molar-refractivity contribution in [3.8, 4) is 5.75 Å². The summed E-state index contributed by atoms with van der Waals surface area (Å²) < 4.78 is 5.38. The molecule has 2 bridgehead atoms. The highest BCUT2D eigenvalue weighted by Gasteiger charge is 2.42. The summed E-state index contributed by atoms with van der Waals surface area (Å²) in [6, 6.07) is 7.30. The summed E-state index contributed by atoms with van der Waals surface area (Å²) in [4.78, 5) is 27.5. The molecule has 1 aliphatic heterocycles. The van der Waals surface area contributed by atoms with Crippen molar-refractivity contribution in [3.63, 3.8) is 0 Å². The summed E-state index contributed by atoms with van der Waals surface area (Å²) in [5, 5.41) is 3.03. The van der Waals surface area contributed by atoms with Gasteiger partial charge in [0.15, 0.2) is 0 Å². The van der Waals surface area contributed by atoms with Crippen LogP contribution >= 0.6 is 12.4 Å². The first-order valence-electron chi connectivity index (χ1n) is 10.1. The number of benzene rings is 1. The molecular formula is C21H30ClN3O3. The Morgan fingerprint density at radius 1 is 1.18 bits per heavy atom. The lowest BCUT2D eigenvalue weighted by Crippen LogP contribution is -2.51. The van der Waals surface area contributed by atoms with Crippen molar-refractivity contribution in [2.24, 2.45) is 23.5 Å². The number of rotatable bonds is 4. The van der Waals surface area contributed by atoms with E-state index in [4.69, 9.17) is 10.5 Å². The number of methoxy groups -OCH3 is 1. The third-order valence-corrected chi connectivity index (χ3v) is 6.68. The molecule has 3 N–H and O–H groups in total. The van der Waals surface area contributed by atoms with Gasteiger partial charge in [-0.05, 0) is 56.1 Å². The third-order valence-electron chi connectivity index (χ3n) is 6.68. The SMILES string of the molecule is COc1ccccc1N1CCC(NC(=O)C2CC3CCCC(C2)C3N)C1=O.Cl. The molecule has 1 aromatic carbocycles. The van der Waals surface area contributed by atoms with Gasteiger partial charge in [-0.25, -0.2) is 0 Å². The van der Waals surface area contributed by atoms with Gasteiger partial charge in [-0.2, -0.15) is 0 Å². The number of carbonyl (C=O) groups excluding carboxylic acids is 2. The highest BCUT2D eigenvalue weighted by molar-refractivity contribution is 6.02. The van der Waals surface area contributed by atoms with E-state index < -0.39 is 6.04 Å². The molecule has 2 amide bonds. The van der Waals surface area contributed by atoms with Gasteiger partial charge in [-0.1, -0.05) is 18.6 Å². The fraction of sp³-hybridized carbons (Fsp3) is 0.619. The van der Waals surface area contributed by atoms with Crippen LogP contribution in [0, 0.1) is 17.8 Å². The number of para-hydroxylation sites is 2. The fourth-order valence-electron chi connectivity index (χ4n) is 5.20. The van der Waals surface area contributed by atoms with Gasteiger partial charge in [0.1, 0.15) is 11.8 Å². The van der Waals surface area contributed by atoms with Crippen molar-refractivity contribution < 1.29 is 14.3 Å². The topological polar surface area (TPSA) is 84.7 Å². The highest BCUT2D eigenvalue weighted by atomic mass is 35.5. The maximum Gasteiger partial charge on any atom is 0.249 e. The molecule has 2 aliphatic carbocycles. The predicted molar refractivity (Wildman–Crippen MR) is 111 cm³/mol. The summed E-state index contributed by atoms with van der Waals surface area (Å²) in [6.07, 6.45) is 5.84. The van der Waals surface area contributed by atoms with Crippen LogP contribution in [0.4, 0.5) is 5.69 Å². The van der Waals surface area contributed by atoms with Gasteiger partial charge < -0.3 is 20.7 Å². The van der Waals surface area contributed by atoms with Crippen LogP contribution < -0.4 is 20.7 Å². The van der Waals surface area contributed by atoms with Crippen LogP contribution in [0.5, 0.6) is 5.75 Å². The Kier molecular flexibility index (Phi) is 6.50. The van der Waals surface area contributed by atoms with E-state index in [0.29, 0.717) is 30.6 Å². The van der Waals surface area contributed by atoms with E-state index >= 15 is 0 Å². The Hall–Kier alpha value is -1.79. The zero-order valence-corrected chi connectivity index (χ0v) is 17.1. The first-order valence-corrected chi connectivity index (χ1v) is 10.1. The number of halogens is 1. The highest BCUT2D eigenvalue weighted by Crippen LogP contribution is 2.42. The molecule has 4 rings (SSSR count). The van der Waals surface area contributed by atoms with Crippen LogP contribution in [-0.2, 0) is 9.59 Å². The molecule has 3 aliphatic rings. The third kappa shape index (κ3) is 3.85. The predicted octanol–water partition coefficient (Wildman–Crippen LogP) is 2.49. The average Bonchev–Trinajstić information content (AvgIpc) is 3.01. The van der Waals surface area contributed by atoms with Crippen molar-refractivity contribution in [2.75, 3.05) is 18.6 Å². The first kappa shape index (κ1) is 20.9. The molecule has 1 heterocycles. The Balaban J connectivity index is 0.00000225. The van der Waals surface area contributed by atoms with Crippen molar-refractivity contribution in [2.45, 2.75) is 50.6 Å². The summed E-state index contributed by atoms with van der Waals surface area (Å²) in [7, 11) is 1.60. The number of fused-ring (bicyclic) bond motifs is 2. The van der Waals surface area contributed by atoms with Crippen molar-refractivity contribution >= 4 is 29.9 Å². The molecule has 3 unspecified atom stereocenters. The van der Waals surface area contributed by atoms with Crippen LogP contribution in [0.2, 0.25) is 0 Å². The molecule has 1 saturated heterocycles. The van der Waals surface area contributed by atoms with E-state index in [1.165, 1.54) is 6.42 Å². The van der Waals surface area contributed by atoms with Gasteiger partial charge >= 0.3 is 0 Å². The molecule has 2 saturated carbocycles. The number of amides is 2. The Morgan fingerprint density at radius 3 is 2.54 bits per heavy atom. The number of hydrogen-bond donors (Lipinski definition) is 2. The summed E-state index contributed by atoms with van der Waals surface area (Å²) in [5.41, 5.74) is 7.10. The normalized spacial score (nSPS) is 31.9. The lowest BCUT2D eigenvalue weighted by atomic mass is 9.65. The molecule has 28 heavy (non-hydrogen) atoms. The van der Waals surface area contributed by atoms with Crippen molar-refractivity contribution in [3.05, 3.63) is 24.3 Å². The number of hydrogen-bond acceptors (Lipinski definition) is 4. The first-order chi connectivity index (χ1) is 13.1. The largest absolute Gasteiger partial charge is 0.495 e. The van der Waals surface area contributed by atoms with Gasteiger partial charge in [-0.3, -0.25) is 9.59 Å². The van der Waals surface area contributed by atoms with Crippen LogP contribution in [0.15, 0.2) is 24.3 Å². The molecule has 7 heteroatoms. The second-order valence-corrected chi connectivity index (χ2v) is 8.21. The minimum Gasteiger partial charge on any atom is -0.495 e. The summed E-state index contributed by atoms with van der Waals surface area (Å²) in [5.74, 6) is 1.55. The molecular weight excluding hydrogens is 378 g/mol. The van der Waals surface area contributed by atoms with Crippen LogP contribution in [0.1, 0.15) is 38.5 Å². The molecule has 0 aromatic heterocycles. The maximum atomic E-state index is 12.9. The number of nitrogens with one attached hydrogen (secondary N) is 1. The monoisotopic (exact) mass is 407 g/mol. The Labute approximate surface area is 172 Å². The molecule has 0 radical (unpaired) electrons. The van der Waals surface area contributed by atoms with Gasteiger partial charge in [0, 0.05) is 18.5 Å². The Morgan fingerprint density at radius 2 is 1.86 bits per heavy atom. The van der Waals surface area contributed by atoms with Crippen molar-refractivity contribution in [1.82, 2.24) is 5.32 Å². The summed E-state index contributed by atoms with van der Waals surface area (Å²) in [6.45, 7) is 0.588. The molecule has 3 atom stereocenters. The maximum absolute atomic E-state index is 12.9. The smallest absolute Gasteiger partial charge is 0.249 e.